The Balaban J connectivity index is 2.34. The fraction of sp³-hybridized carbons (Fsp3) is 0.273. The second kappa shape index (κ2) is 4.79. The average Bonchev–Trinajstić information content (AvgIpc) is 2.64. The largest absolute Gasteiger partial charge is 0.437 e. The number of imide groups is 1. The SMILES string of the molecule is CB(O)NCC1(c2ccccc2)NC(=O)NC1=O. The van der Waals surface area contributed by atoms with Gasteiger partial charge in [0, 0.05) is 6.54 Å². The zero-order valence-corrected chi connectivity index (χ0v) is 9.93. The maximum atomic E-state index is 12.0. The molecule has 0 spiro atoms. The standard InChI is InChI=1S/C11H14BN3O3/c1-12(18)13-7-11(8-5-3-2-4-6-8)9(16)14-10(17)15-11/h2-6,13,18H,7H2,1H3,(H2,14,15,16,17). The predicted octanol–water partition coefficient (Wildman–Crippen LogP) is -0.579. The summed E-state index contributed by atoms with van der Waals surface area (Å²) in [4.78, 5) is 23.4. The van der Waals surface area contributed by atoms with Gasteiger partial charge in [0.2, 0.25) is 0 Å². The molecule has 1 atom stereocenters. The number of carbonyl (C=O) groups is 2. The number of hydrogen-bond acceptors (Lipinski definition) is 4. The third-order valence-electron chi connectivity index (χ3n) is 2.87. The van der Waals surface area contributed by atoms with Gasteiger partial charge in [-0.2, -0.15) is 0 Å². The van der Waals surface area contributed by atoms with E-state index in [-0.39, 0.29) is 6.54 Å². The highest BCUT2D eigenvalue weighted by Gasteiger charge is 2.47. The van der Waals surface area contributed by atoms with Crippen molar-refractivity contribution in [1.82, 2.24) is 15.9 Å². The maximum Gasteiger partial charge on any atom is 0.373 e. The lowest BCUT2D eigenvalue weighted by molar-refractivity contribution is -0.124. The monoisotopic (exact) mass is 247 g/mol. The van der Waals surface area contributed by atoms with Crippen LogP contribution < -0.4 is 15.9 Å². The summed E-state index contributed by atoms with van der Waals surface area (Å²) in [5.74, 6) is -0.424. The van der Waals surface area contributed by atoms with Gasteiger partial charge in [-0.25, -0.2) is 4.79 Å². The van der Waals surface area contributed by atoms with Crippen molar-refractivity contribution in [2.75, 3.05) is 6.54 Å². The Morgan fingerprint density at radius 2 is 2.00 bits per heavy atom. The van der Waals surface area contributed by atoms with Gasteiger partial charge in [-0.15, -0.1) is 0 Å². The molecule has 1 aromatic rings. The number of carbonyl (C=O) groups excluding carboxylic acids is 2. The molecule has 1 aliphatic heterocycles. The Hall–Kier alpha value is -1.86. The van der Waals surface area contributed by atoms with Gasteiger partial charge >= 0.3 is 13.1 Å². The van der Waals surface area contributed by atoms with Crippen LogP contribution in [0.4, 0.5) is 4.79 Å². The van der Waals surface area contributed by atoms with E-state index in [0.717, 1.165) is 0 Å². The summed E-state index contributed by atoms with van der Waals surface area (Å²) in [6.07, 6.45) is 0. The van der Waals surface area contributed by atoms with E-state index in [9.17, 15) is 14.6 Å². The van der Waals surface area contributed by atoms with E-state index in [0.29, 0.717) is 5.56 Å². The summed E-state index contributed by atoms with van der Waals surface area (Å²) >= 11 is 0. The topological polar surface area (TPSA) is 90.5 Å². The van der Waals surface area contributed by atoms with Gasteiger partial charge in [0.15, 0.2) is 5.54 Å². The number of benzene rings is 1. The molecule has 1 fully saturated rings. The second-order valence-corrected chi connectivity index (χ2v) is 4.24. The van der Waals surface area contributed by atoms with Crippen LogP contribution in [0.1, 0.15) is 5.56 Å². The molecule has 7 heteroatoms. The zero-order chi connectivity index (χ0) is 13.2. The Labute approximate surface area is 105 Å². The summed E-state index contributed by atoms with van der Waals surface area (Å²) in [5, 5.41) is 16.9. The highest BCUT2D eigenvalue weighted by molar-refractivity contribution is 6.45. The molecule has 1 aromatic carbocycles. The van der Waals surface area contributed by atoms with Crippen LogP contribution in [0.5, 0.6) is 0 Å². The Morgan fingerprint density at radius 1 is 1.33 bits per heavy atom. The van der Waals surface area contributed by atoms with Gasteiger partial charge in [0.25, 0.3) is 5.91 Å². The maximum absolute atomic E-state index is 12.0. The van der Waals surface area contributed by atoms with Crippen molar-refractivity contribution in [2.24, 2.45) is 0 Å². The summed E-state index contributed by atoms with van der Waals surface area (Å²) in [6, 6.07) is 8.39. The minimum atomic E-state index is -1.17. The van der Waals surface area contributed by atoms with E-state index < -0.39 is 24.5 Å². The van der Waals surface area contributed by atoms with Crippen LogP contribution in [-0.4, -0.2) is 30.6 Å². The average molecular weight is 247 g/mol. The molecule has 3 amide bonds. The number of urea groups is 1. The Morgan fingerprint density at radius 3 is 2.50 bits per heavy atom. The third kappa shape index (κ3) is 2.22. The fourth-order valence-electron chi connectivity index (χ4n) is 1.94. The van der Waals surface area contributed by atoms with Crippen molar-refractivity contribution < 1.29 is 14.6 Å². The lowest BCUT2D eigenvalue weighted by atomic mass is 9.83. The van der Waals surface area contributed by atoms with E-state index >= 15 is 0 Å². The van der Waals surface area contributed by atoms with Crippen molar-refractivity contribution in [3.8, 4) is 0 Å². The summed E-state index contributed by atoms with van der Waals surface area (Å²) in [5.41, 5.74) is -0.503. The normalized spacial score (nSPS) is 22.6. The molecule has 4 N–H and O–H groups in total. The van der Waals surface area contributed by atoms with Crippen LogP contribution in [0, 0.1) is 0 Å². The van der Waals surface area contributed by atoms with Crippen molar-refractivity contribution in [3.63, 3.8) is 0 Å². The molecule has 1 unspecified atom stereocenters. The van der Waals surface area contributed by atoms with Crippen molar-refractivity contribution in [2.45, 2.75) is 12.4 Å². The molecule has 0 aromatic heterocycles. The lowest BCUT2D eigenvalue weighted by Crippen LogP contribution is -2.53. The van der Waals surface area contributed by atoms with E-state index in [1.165, 1.54) is 0 Å². The van der Waals surface area contributed by atoms with E-state index in [1.807, 2.05) is 6.07 Å². The molecule has 0 aliphatic carbocycles. The van der Waals surface area contributed by atoms with Crippen LogP contribution in [0.2, 0.25) is 6.82 Å². The van der Waals surface area contributed by atoms with Gasteiger partial charge in [0.05, 0.1) is 0 Å². The van der Waals surface area contributed by atoms with Crippen molar-refractivity contribution in [1.29, 1.82) is 0 Å². The van der Waals surface area contributed by atoms with E-state index in [1.54, 1.807) is 31.1 Å². The number of nitrogens with one attached hydrogen (secondary N) is 3. The summed E-state index contributed by atoms with van der Waals surface area (Å²) < 4.78 is 0. The van der Waals surface area contributed by atoms with Crippen LogP contribution in [0.15, 0.2) is 30.3 Å². The molecule has 0 bridgehead atoms. The van der Waals surface area contributed by atoms with Gasteiger partial charge < -0.3 is 15.6 Å². The van der Waals surface area contributed by atoms with Gasteiger partial charge in [-0.3, -0.25) is 10.1 Å². The smallest absolute Gasteiger partial charge is 0.373 e. The van der Waals surface area contributed by atoms with E-state index in [2.05, 4.69) is 15.9 Å². The second-order valence-electron chi connectivity index (χ2n) is 4.24. The Bertz CT molecular complexity index is 466. The Kier molecular flexibility index (Phi) is 3.35. The highest BCUT2D eigenvalue weighted by Crippen LogP contribution is 2.24. The summed E-state index contributed by atoms with van der Waals surface area (Å²) in [7, 11) is -0.768. The number of rotatable bonds is 4. The van der Waals surface area contributed by atoms with Crippen LogP contribution in [0.3, 0.4) is 0 Å². The van der Waals surface area contributed by atoms with Gasteiger partial charge in [-0.05, 0) is 12.4 Å². The first kappa shape index (κ1) is 12.6. The van der Waals surface area contributed by atoms with Gasteiger partial charge in [-0.1, -0.05) is 30.3 Å². The number of hydrogen-bond donors (Lipinski definition) is 4. The van der Waals surface area contributed by atoms with Crippen molar-refractivity contribution in [3.05, 3.63) is 35.9 Å². The molecule has 1 saturated heterocycles. The molecular weight excluding hydrogens is 233 g/mol. The molecular formula is C11H14BN3O3. The van der Waals surface area contributed by atoms with E-state index in [4.69, 9.17) is 0 Å². The summed E-state index contributed by atoms with van der Waals surface area (Å²) in [6.45, 7) is 1.67. The number of amides is 3. The predicted molar refractivity (Wildman–Crippen MR) is 66.6 cm³/mol. The molecule has 1 heterocycles. The first-order valence-corrected chi connectivity index (χ1v) is 5.65. The van der Waals surface area contributed by atoms with Crippen LogP contribution in [0.25, 0.3) is 0 Å². The third-order valence-corrected chi connectivity index (χ3v) is 2.87. The van der Waals surface area contributed by atoms with Crippen LogP contribution >= 0.6 is 0 Å². The lowest BCUT2D eigenvalue weighted by Gasteiger charge is -2.27. The molecule has 6 nitrogen and oxygen atoms in total. The minimum absolute atomic E-state index is 0.117. The molecule has 0 radical (unpaired) electrons. The van der Waals surface area contributed by atoms with Gasteiger partial charge in [0.1, 0.15) is 0 Å². The highest BCUT2D eigenvalue weighted by atomic mass is 16.2. The first-order chi connectivity index (χ1) is 8.54. The van der Waals surface area contributed by atoms with Crippen molar-refractivity contribution >= 4 is 19.0 Å². The molecule has 2 rings (SSSR count). The molecule has 94 valence electrons. The molecule has 18 heavy (non-hydrogen) atoms. The zero-order valence-electron chi connectivity index (χ0n) is 9.93. The first-order valence-electron chi connectivity index (χ1n) is 5.65. The fourth-order valence-corrected chi connectivity index (χ4v) is 1.94. The molecule has 0 saturated carbocycles. The minimum Gasteiger partial charge on any atom is -0.437 e. The van der Waals surface area contributed by atoms with Crippen LogP contribution in [-0.2, 0) is 10.3 Å². The molecule has 1 aliphatic rings. The quantitative estimate of drug-likeness (QED) is 0.423.